The van der Waals surface area contributed by atoms with Gasteiger partial charge >= 0.3 is 0 Å². The molecule has 0 amide bonds. The highest BCUT2D eigenvalue weighted by molar-refractivity contribution is 5.78. The molecule has 0 aliphatic heterocycles. The van der Waals surface area contributed by atoms with Crippen molar-refractivity contribution in [3.8, 4) is 28.4 Å². The monoisotopic (exact) mass is 395 g/mol. The maximum absolute atomic E-state index is 5.89. The molecule has 0 aliphatic rings. The number of aromatic nitrogens is 5. The van der Waals surface area contributed by atoms with E-state index in [1.54, 1.807) is 19.5 Å². The molecule has 29 heavy (non-hydrogen) atoms. The number of nitrogens with zero attached hydrogens (tertiary/aromatic N) is 4. The van der Waals surface area contributed by atoms with Crippen molar-refractivity contribution in [3.63, 3.8) is 0 Å². The zero-order valence-electron chi connectivity index (χ0n) is 17.9. The van der Waals surface area contributed by atoms with Crippen molar-refractivity contribution in [2.45, 2.75) is 40.0 Å². The molecule has 0 atom stereocenters. The molecule has 3 rings (SSSR count). The van der Waals surface area contributed by atoms with Crippen molar-refractivity contribution >= 4 is 11.8 Å². The third kappa shape index (κ3) is 4.64. The predicted molar refractivity (Wildman–Crippen MR) is 116 cm³/mol. The maximum Gasteiger partial charge on any atom is 0.223 e. The molecule has 8 heteroatoms. The molecule has 0 saturated carbocycles. The van der Waals surface area contributed by atoms with Gasteiger partial charge in [0.1, 0.15) is 5.82 Å². The number of methoxy groups -OCH3 is 1. The highest BCUT2D eigenvalue weighted by atomic mass is 16.5. The number of hydrogen-bond acceptors (Lipinski definition) is 7. The smallest absolute Gasteiger partial charge is 0.223 e. The predicted octanol–water partition coefficient (Wildman–Crippen LogP) is 3.88. The molecule has 3 aromatic rings. The van der Waals surface area contributed by atoms with Crippen molar-refractivity contribution < 1.29 is 4.74 Å². The Morgan fingerprint density at radius 3 is 2.62 bits per heavy atom. The summed E-state index contributed by atoms with van der Waals surface area (Å²) in [6.07, 6.45) is 3.44. The van der Waals surface area contributed by atoms with E-state index in [-0.39, 0.29) is 5.41 Å². The normalized spacial score (nSPS) is 11.7. The number of anilines is 2. The lowest BCUT2D eigenvalue weighted by Crippen LogP contribution is -2.13. The number of aromatic amines is 1. The summed E-state index contributed by atoms with van der Waals surface area (Å²) in [5, 5.41) is 3.27. The molecule has 154 valence electrons. The number of nitrogens with one attached hydrogen (secondary N) is 2. The largest absolute Gasteiger partial charge is 0.493 e. The van der Waals surface area contributed by atoms with Crippen molar-refractivity contribution in [2.75, 3.05) is 24.7 Å². The molecule has 0 unspecified atom stereocenters. The Kier molecular flexibility index (Phi) is 5.72. The van der Waals surface area contributed by atoms with E-state index in [0.717, 1.165) is 35.0 Å². The standard InChI is InChI=1S/C21H29N7O/c1-12(2)10-25-20-23-8-7-14(26-20)17-16(27-19(28-17)21(3,4)5)13-9-15(29-6)18(22)24-11-13/h7-9,11-12H,10H2,1-6H3,(H2,22,24)(H,27,28)(H,23,25,26). The summed E-state index contributed by atoms with van der Waals surface area (Å²) in [6, 6.07) is 3.71. The second kappa shape index (κ2) is 8.06. The number of pyridine rings is 1. The molecule has 3 aromatic heterocycles. The van der Waals surface area contributed by atoms with Gasteiger partial charge in [-0.05, 0) is 18.1 Å². The molecule has 0 saturated heterocycles. The van der Waals surface area contributed by atoms with Gasteiger partial charge in [-0.3, -0.25) is 0 Å². The lowest BCUT2D eigenvalue weighted by molar-refractivity contribution is 0.415. The fraction of sp³-hybridized carbons (Fsp3) is 0.429. The highest BCUT2D eigenvalue weighted by Crippen LogP contribution is 2.34. The average molecular weight is 396 g/mol. The van der Waals surface area contributed by atoms with Crippen molar-refractivity contribution in [1.82, 2.24) is 24.9 Å². The van der Waals surface area contributed by atoms with E-state index in [0.29, 0.717) is 23.4 Å². The van der Waals surface area contributed by atoms with Gasteiger partial charge in [0.25, 0.3) is 0 Å². The van der Waals surface area contributed by atoms with Gasteiger partial charge in [-0.2, -0.15) is 0 Å². The Balaban J connectivity index is 2.11. The third-order valence-corrected chi connectivity index (χ3v) is 4.37. The first-order chi connectivity index (χ1) is 13.7. The fourth-order valence-electron chi connectivity index (χ4n) is 2.75. The topological polar surface area (TPSA) is 115 Å². The van der Waals surface area contributed by atoms with Crippen molar-refractivity contribution in [3.05, 3.63) is 30.4 Å². The first-order valence-corrected chi connectivity index (χ1v) is 9.66. The van der Waals surface area contributed by atoms with E-state index in [1.165, 1.54) is 0 Å². The average Bonchev–Trinajstić information content (AvgIpc) is 3.13. The molecule has 0 fully saturated rings. The molecule has 0 aromatic carbocycles. The molecule has 0 radical (unpaired) electrons. The number of H-pyrrole nitrogens is 1. The minimum atomic E-state index is -0.163. The van der Waals surface area contributed by atoms with Crippen LogP contribution in [-0.4, -0.2) is 38.6 Å². The van der Waals surface area contributed by atoms with Crippen LogP contribution in [0, 0.1) is 5.92 Å². The van der Waals surface area contributed by atoms with Crippen LogP contribution in [0.3, 0.4) is 0 Å². The van der Waals surface area contributed by atoms with Gasteiger partial charge in [-0.15, -0.1) is 0 Å². The van der Waals surface area contributed by atoms with E-state index in [2.05, 4.69) is 59.9 Å². The van der Waals surface area contributed by atoms with Crippen molar-refractivity contribution in [2.24, 2.45) is 5.92 Å². The van der Waals surface area contributed by atoms with Gasteiger partial charge in [0, 0.05) is 29.9 Å². The Hall–Kier alpha value is -3.16. The van der Waals surface area contributed by atoms with Gasteiger partial charge < -0.3 is 20.8 Å². The zero-order valence-corrected chi connectivity index (χ0v) is 17.9. The molecular formula is C21H29N7O. The van der Waals surface area contributed by atoms with Crippen LogP contribution < -0.4 is 15.8 Å². The van der Waals surface area contributed by atoms with Gasteiger partial charge in [-0.25, -0.2) is 19.9 Å². The van der Waals surface area contributed by atoms with E-state index < -0.39 is 0 Å². The number of imidazole rings is 1. The van der Waals surface area contributed by atoms with Crippen LogP contribution in [0.2, 0.25) is 0 Å². The first kappa shape index (κ1) is 20.6. The summed E-state index contributed by atoms with van der Waals surface area (Å²) in [5.74, 6) is 2.78. The van der Waals surface area contributed by atoms with Crippen LogP contribution in [0.15, 0.2) is 24.5 Å². The lowest BCUT2D eigenvalue weighted by atomic mass is 9.96. The third-order valence-electron chi connectivity index (χ3n) is 4.37. The Morgan fingerprint density at radius 2 is 1.97 bits per heavy atom. The SMILES string of the molecule is COc1cc(-c2nc(C(C)(C)C)[nH]c2-c2ccnc(NCC(C)C)n2)cnc1N. The number of nitrogens with two attached hydrogens (primary N) is 1. The second-order valence-electron chi connectivity index (χ2n) is 8.41. The zero-order chi connectivity index (χ0) is 21.2. The van der Waals surface area contributed by atoms with Crippen LogP contribution in [-0.2, 0) is 5.41 Å². The molecule has 8 nitrogen and oxygen atoms in total. The van der Waals surface area contributed by atoms with Crippen LogP contribution in [0.4, 0.5) is 11.8 Å². The number of nitrogen functional groups attached to an aromatic ring is 1. The first-order valence-electron chi connectivity index (χ1n) is 9.66. The summed E-state index contributed by atoms with van der Waals surface area (Å²) >= 11 is 0. The Morgan fingerprint density at radius 1 is 1.21 bits per heavy atom. The quantitative estimate of drug-likeness (QED) is 0.580. The van der Waals surface area contributed by atoms with Crippen molar-refractivity contribution in [1.29, 1.82) is 0 Å². The minimum absolute atomic E-state index is 0.163. The molecular weight excluding hydrogens is 366 g/mol. The van der Waals surface area contributed by atoms with E-state index in [4.69, 9.17) is 15.5 Å². The number of ether oxygens (including phenoxy) is 1. The summed E-state index contributed by atoms with van der Waals surface area (Å²) < 4.78 is 5.34. The van der Waals surface area contributed by atoms with Crippen LogP contribution in [0.5, 0.6) is 5.75 Å². The molecule has 4 N–H and O–H groups in total. The summed E-state index contributed by atoms with van der Waals surface area (Å²) in [4.78, 5) is 21.6. The van der Waals surface area contributed by atoms with Crippen LogP contribution in [0.1, 0.15) is 40.4 Å². The van der Waals surface area contributed by atoms with Crippen LogP contribution >= 0.6 is 0 Å². The number of hydrogen-bond donors (Lipinski definition) is 3. The van der Waals surface area contributed by atoms with Crippen LogP contribution in [0.25, 0.3) is 22.6 Å². The van der Waals surface area contributed by atoms with Gasteiger partial charge in [-0.1, -0.05) is 34.6 Å². The van der Waals surface area contributed by atoms with Gasteiger partial charge in [0.15, 0.2) is 11.6 Å². The summed E-state index contributed by atoms with van der Waals surface area (Å²) in [6.45, 7) is 11.4. The van der Waals surface area contributed by atoms with E-state index in [9.17, 15) is 0 Å². The van der Waals surface area contributed by atoms with E-state index in [1.807, 2.05) is 12.1 Å². The second-order valence-corrected chi connectivity index (χ2v) is 8.41. The highest BCUT2D eigenvalue weighted by Gasteiger charge is 2.24. The summed E-state index contributed by atoms with van der Waals surface area (Å²) in [7, 11) is 1.57. The number of rotatable bonds is 6. The van der Waals surface area contributed by atoms with E-state index >= 15 is 0 Å². The molecule has 0 spiro atoms. The maximum atomic E-state index is 5.89. The van der Waals surface area contributed by atoms with Gasteiger partial charge in [0.05, 0.1) is 24.2 Å². The summed E-state index contributed by atoms with van der Waals surface area (Å²) in [5.41, 5.74) is 8.82. The molecule has 0 aliphatic carbocycles. The Bertz CT molecular complexity index is 989. The lowest BCUT2D eigenvalue weighted by Gasteiger charge is -2.14. The Labute approximate surface area is 171 Å². The van der Waals surface area contributed by atoms with Gasteiger partial charge in [0.2, 0.25) is 5.95 Å². The minimum Gasteiger partial charge on any atom is -0.493 e. The molecule has 3 heterocycles. The fourth-order valence-corrected chi connectivity index (χ4v) is 2.75. The molecule has 0 bridgehead atoms.